The van der Waals surface area contributed by atoms with Gasteiger partial charge >= 0.3 is 5.69 Å². The first-order valence-corrected chi connectivity index (χ1v) is 9.25. The van der Waals surface area contributed by atoms with Crippen LogP contribution in [0.15, 0.2) is 41.5 Å². The maximum atomic E-state index is 14.2. The molecule has 0 saturated carbocycles. The van der Waals surface area contributed by atoms with Gasteiger partial charge in [-0.1, -0.05) is 11.6 Å². The number of hydrogen-bond acceptors (Lipinski definition) is 6. The molecule has 0 atom stereocenters. The molecule has 2 heterocycles. The van der Waals surface area contributed by atoms with E-state index in [9.17, 15) is 13.6 Å². The number of imidazole rings is 1. The summed E-state index contributed by atoms with van der Waals surface area (Å²) in [5, 5.41) is 0.238. The lowest BCUT2D eigenvalue weighted by molar-refractivity contribution is 0.286. The van der Waals surface area contributed by atoms with E-state index in [1.807, 2.05) is 0 Å². The fourth-order valence-corrected chi connectivity index (χ4v) is 3.29. The van der Waals surface area contributed by atoms with E-state index in [1.54, 1.807) is 0 Å². The molecular weight excluding hydrogens is 434 g/mol. The molecule has 0 aliphatic rings. The van der Waals surface area contributed by atoms with Gasteiger partial charge in [0.2, 0.25) is 5.88 Å². The lowest BCUT2D eigenvalue weighted by Gasteiger charge is -2.13. The number of aromatic amines is 1. The molecule has 0 fully saturated rings. The van der Waals surface area contributed by atoms with Gasteiger partial charge in [0.25, 0.3) is 0 Å². The highest BCUT2D eigenvalue weighted by Crippen LogP contribution is 2.30. The summed E-state index contributed by atoms with van der Waals surface area (Å²) in [7, 11) is 2.76. The zero-order valence-electron chi connectivity index (χ0n) is 16.3. The van der Waals surface area contributed by atoms with Gasteiger partial charge in [-0.25, -0.2) is 23.1 Å². The van der Waals surface area contributed by atoms with Crippen molar-refractivity contribution in [1.82, 2.24) is 19.5 Å². The first-order chi connectivity index (χ1) is 14.9. The highest BCUT2D eigenvalue weighted by molar-refractivity contribution is 6.32. The number of halogens is 3. The van der Waals surface area contributed by atoms with Gasteiger partial charge in [0.15, 0.2) is 17.3 Å². The molecule has 2 aromatic carbocycles. The second kappa shape index (κ2) is 8.23. The van der Waals surface area contributed by atoms with Crippen LogP contribution in [0.2, 0.25) is 5.02 Å². The third-order valence-corrected chi connectivity index (χ3v) is 4.87. The Kier molecular flexibility index (Phi) is 5.47. The van der Waals surface area contributed by atoms with Crippen molar-refractivity contribution in [3.63, 3.8) is 0 Å². The van der Waals surface area contributed by atoms with Crippen LogP contribution in [-0.4, -0.2) is 33.7 Å². The Morgan fingerprint density at radius 3 is 2.68 bits per heavy atom. The fourth-order valence-electron chi connectivity index (χ4n) is 3.09. The third-order valence-electron chi connectivity index (χ3n) is 4.55. The molecule has 8 nitrogen and oxygen atoms in total. The van der Waals surface area contributed by atoms with Crippen molar-refractivity contribution in [2.45, 2.75) is 6.61 Å². The predicted molar refractivity (Wildman–Crippen MR) is 108 cm³/mol. The van der Waals surface area contributed by atoms with Gasteiger partial charge in [-0.3, -0.25) is 4.98 Å². The first kappa shape index (κ1) is 20.6. The van der Waals surface area contributed by atoms with E-state index in [4.69, 9.17) is 25.8 Å². The van der Waals surface area contributed by atoms with Crippen LogP contribution in [-0.2, 0) is 6.61 Å². The summed E-state index contributed by atoms with van der Waals surface area (Å²) >= 11 is 6.31. The molecule has 0 aliphatic carbocycles. The zero-order valence-corrected chi connectivity index (χ0v) is 17.0. The average molecular weight is 449 g/mol. The fraction of sp³-hybridized carbons (Fsp3) is 0.150. The van der Waals surface area contributed by atoms with Crippen molar-refractivity contribution < 1.29 is 23.0 Å². The van der Waals surface area contributed by atoms with E-state index >= 15 is 0 Å². The largest absolute Gasteiger partial charge is 0.496 e. The topological polar surface area (TPSA) is 91.3 Å². The van der Waals surface area contributed by atoms with Crippen LogP contribution in [0, 0.1) is 11.6 Å². The summed E-state index contributed by atoms with van der Waals surface area (Å²) < 4.78 is 44.9. The SMILES string of the molecule is COc1ccc(F)c(F)c1COc1ccc(Cl)c(-n2c(=O)[nH]c3c(OC)ncnc32)c1. The number of ether oxygens (including phenoxy) is 3. The molecule has 4 aromatic rings. The normalized spacial score (nSPS) is 11.0. The maximum absolute atomic E-state index is 14.2. The molecule has 11 heteroatoms. The molecule has 0 unspecified atom stereocenters. The highest BCUT2D eigenvalue weighted by Gasteiger charge is 2.18. The Morgan fingerprint density at radius 1 is 1.13 bits per heavy atom. The van der Waals surface area contributed by atoms with Crippen LogP contribution in [0.1, 0.15) is 5.56 Å². The number of nitrogens with zero attached hydrogens (tertiary/aromatic N) is 3. The summed E-state index contributed by atoms with van der Waals surface area (Å²) in [5.74, 6) is -1.49. The van der Waals surface area contributed by atoms with Crippen molar-refractivity contribution >= 4 is 22.8 Å². The molecule has 0 amide bonds. The van der Waals surface area contributed by atoms with E-state index in [0.29, 0.717) is 5.52 Å². The average Bonchev–Trinajstić information content (AvgIpc) is 3.11. The molecule has 31 heavy (non-hydrogen) atoms. The molecule has 1 N–H and O–H groups in total. The van der Waals surface area contributed by atoms with Gasteiger partial charge in [-0.05, 0) is 24.3 Å². The third kappa shape index (κ3) is 3.66. The van der Waals surface area contributed by atoms with Crippen LogP contribution < -0.4 is 19.9 Å². The molecule has 0 saturated heterocycles. The van der Waals surface area contributed by atoms with Crippen LogP contribution in [0.3, 0.4) is 0 Å². The lowest BCUT2D eigenvalue weighted by atomic mass is 10.2. The van der Waals surface area contributed by atoms with Gasteiger partial charge in [-0.15, -0.1) is 0 Å². The smallest absolute Gasteiger partial charge is 0.332 e. The molecule has 0 aliphatic heterocycles. The molecule has 0 radical (unpaired) electrons. The van der Waals surface area contributed by atoms with Crippen molar-refractivity contribution in [2.75, 3.05) is 14.2 Å². The number of hydrogen-bond donors (Lipinski definition) is 1. The van der Waals surface area contributed by atoms with E-state index in [-0.39, 0.29) is 45.9 Å². The minimum absolute atomic E-state index is 0.0826. The van der Waals surface area contributed by atoms with E-state index in [1.165, 1.54) is 49.4 Å². The van der Waals surface area contributed by atoms with Crippen molar-refractivity contribution in [2.24, 2.45) is 0 Å². The van der Waals surface area contributed by atoms with Crippen LogP contribution in [0.4, 0.5) is 8.78 Å². The quantitative estimate of drug-likeness (QED) is 0.484. The van der Waals surface area contributed by atoms with Crippen LogP contribution in [0.25, 0.3) is 16.9 Å². The Hall–Kier alpha value is -3.66. The number of H-pyrrole nitrogens is 1. The number of benzene rings is 2. The molecule has 160 valence electrons. The Balaban J connectivity index is 1.73. The van der Waals surface area contributed by atoms with Gasteiger partial charge in [0, 0.05) is 6.07 Å². The lowest BCUT2D eigenvalue weighted by Crippen LogP contribution is -2.15. The monoisotopic (exact) mass is 448 g/mol. The summed E-state index contributed by atoms with van der Waals surface area (Å²) in [5.41, 5.74) is 0.201. The Bertz CT molecular complexity index is 1340. The summed E-state index contributed by atoms with van der Waals surface area (Å²) in [6.07, 6.45) is 1.25. The second-order valence-electron chi connectivity index (χ2n) is 6.29. The number of nitrogens with one attached hydrogen (secondary N) is 1. The summed E-state index contributed by atoms with van der Waals surface area (Å²) in [4.78, 5) is 23.3. The minimum atomic E-state index is -1.06. The van der Waals surface area contributed by atoms with E-state index < -0.39 is 17.3 Å². The van der Waals surface area contributed by atoms with E-state index in [0.717, 1.165) is 6.07 Å². The first-order valence-electron chi connectivity index (χ1n) is 8.88. The zero-order chi connectivity index (χ0) is 22.1. The highest BCUT2D eigenvalue weighted by atomic mass is 35.5. The van der Waals surface area contributed by atoms with Gasteiger partial charge in [-0.2, -0.15) is 4.98 Å². The molecule has 0 spiro atoms. The number of aromatic nitrogens is 4. The Labute approximate surface area is 179 Å². The predicted octanol–water partition coefficient (Wildman–Crippen LogP) is 3.64. The van der Waals surface area contributed by atoms with Gasteiger partial charge < -0.3 is 14.2 Å². The summed E-state index contributed by atoms with van der Waals surface area (Å²) in [6.45, 7) is -0.313. The maximum Gasteiger partial charge on any atom is 0.332 e. The molecular formula is C20H15ClF2N4O4. The van der Waals surface area contributed by atoms with E-state index in [2.05, 4.69) is 15.0 Å². The molecule has 4 rings (SSSR count). The summed E-state index contributed by atoms with van der Waals surface area (Å²) in [6, 6.07) is 6.80. The van der Waals surface area contributed by atoms with Crippen LogP contribution in [0.5, 0.6) is 17.4 Å². The second-order valence-corrected chi connectivity index (χ2v) is 6.70. The number of fused-ring (bicyclic) bond motifs is 1. The molecule has 2 aromatic heterocycles. The number of rotatable bonds is 6. The molecule has 0 bridgehead atoms. The van der Waals surface area contributed by atoms with Gasteiger partial charge in [0.05, 0.1) is 30.5 Å². The van der Waals surface area contributed by atoms with Gasteiger partial charge in [0.1, 0.15) is 29.9 Å². The van der Waals surface area contributed by atoms with Crippen molar-refractivity contribution in [3.05, 3.63) is 69.4 Å². The Morgan fingerprint density at radius 2 is 1.94 bits per heavy atom. The van der Waals surface area contributed by atoms with Crippen molar-refractivity contribution in [1.29, 1.82) is 0 Å². The van der Waals surface area contributed by atoms with Crippen molar-refractivity contribution in [3.8, 4) is 23.1 Å². The standard InChI is InChI=1S/C20H15ClF2N4O4/c1-29-15-6-5-13(22)16(23)11(15)8-31-10-3-4-12(21)14(7-10)27-18-17(26-20(27)28)19(30-2)25-9-24-18/h3-7,9H,8H2,1-2H3,(H,26,28). The van der Waals surface area contributed by atoms with Crippen LogP contribution >= 0.6 is 11.6 Å². The minimum Gasteiger partial charge on any atom is -0.496 e. The number of methoxy groups -OCH3 is 2.